The van der Waals surface area contributed by atoms with Crippen LogP contribution in [0.5, 0.6) is 0 Å². The van der Waals surface area contributed by atoms with Crippen LogP contribution in [0.4, 0.5) is 10.6 Å². The van der Waals surface area contributed by atoms with Crippen LogP contribution in [0, 0.1) is 15.5 Å². The summed E-state index contributed by atoms with van der Waals surface area (Å²) in [5.41, 5.74) is 0.687. The molecule has 1 heterocycles. The van der Waals surface area contributed by atoms with Gasteiger partial charge < -0.3 is 10.1 Å². The standard InChI is InChI=1S/C24H26N4O6/c1-24(2)12-11-20(28(31)32)18(15-24)14-19(22(29)26-21-10-6-7-13-25-21)27-34-23(30)33-16-17-8-4-3-5-9-17/h3-10,13-14,20H,11-12,15-16H2,1-2H3,(H,25,26,29)/b18-14+,27-19+. The first kappa shape index (κ1) is 24.6. The monoisotopic (exact) mass is 466 g/mol. The summed E-state index contributed by atoms with van der Waals surface area (Å²) in [6.07, 6.45) is 3.10. The van der Waals surface area contributed by atoms with Crippen molar-refractivity contribution in [2.75, 3.05) is 5.32 Å². The molecule has 10 nitrogen and oxygen atoms in total. The summed E-state index contributed by atoms with van der Waals surface area (Å²) in [5.74, 6) is -0.479. The van der Waals surface area contributed by atoms with E-state index in [1.54, 1.807) is 42.5 Å². The third-order valence-electron chi connectivity index (χ3n) is 5.34. The summed E-state index contributed by atoms with van der Waals surface area (Å²) >= 11 is 0. The first-order chi connectivity index (χ1) is 16.2. The smallest absolute Gasteiger partial charge is 0.428 e. The Kier molecular flexibility index (Phi) is 8.07. The number of nitrogens with one attached hydrogen (secondary N) is 1. The van der Waals surface area contributed by atoms with Crippen LogP contribution < -0.4 is 5.32 Å². The van der Waals surface area contributed by atoms with E-state index in [-0.39, 0.29) is 28.5 Å². The number of carbonyl (C=O) groups is 2. The molecular weight excluding hydrogens is 440 g/mol. The molecule has 1 aromatic heterocycles. The molecule has 0 bridgehead atoms. The Morgan fingerprint density at radius 2 is 1.97 bits per heavy atom. The van der Waals surface area contributed by atoms with E-state index in [9.17, 15) is 19.7 Å². The highest BCUT2D eigenvalue weighted by molar-refractivity contribution is 6.47. The number of carbonyl (C=O) groups excluding carboxylic acids is 2. The van der Waals surface area contributed by atoms with Crippen LogP contribution in [-0.4, -0.2) is 33.7 Å². The number of nitrogens with zero attached hydrogens (tertiary/aromatic N) is 3. The van der Waals surface area contributed by atoms with Crippen molar-refractivity contribution < 1.29 is 24.1 Å². The minimum atomic E-state index is -1.11. The Labute approximate surface area is 196 Å². The van der Waals surface area contributed by atoms with Gasteiger partial charge in [0.2, 0.25) is 6.04 Å². The number of anilines is 1. The van der Waals surface area contributed by atoms with Gasteiger partial charge in [0.25, 0.3) is 5.91 Å². The Bertz CT molecular complexity index is 1080. The van der Waals surface area contributed by atoms with E-state index in [4.69, 9.17) is 9.57 Å². The second-order valence-electron chi connectivity index (χ2n) is 8.66. The fraction of sp³-hybridized carbons (Fsp3) is 0.333. The van der Waals surface area contributed by atoms with Gasteiger partial charge in [-0.1, -0.05) is 55.4 Å². The number of oxime groups is 1. The van der Waals surface area contributed by atoms with Gasteiger partial charge in [0.15, 0.2) is 5.71 Å². The minimum absolute atomic E-state index is 0.0384. The molecule has 178 valence electrons. The van der Waals surface area contributed by atoms with Crippen molar-refractivity contribution in [3.63, 3.8) is 0 Å². The first-order valence-corrected chi connectivity index (χ1v) is 10.8. The topological polar surface area (TPSA) is 133 Å². The third-order valence-corrected chi connectivity index (χ3v) is 5.34. The van der Waals surface area contributed by atoms with E-state index in [0.29, 0.717) is 24.8 Å². The molecule has 1 atom stereocenters. The van der Waals surface area contributed by atoms with Crippen molar-refractivity contribution in [2.24, 2.45) is 10.6 Å². The Balaban J connectivity index is 1.81. The molecule has 1 fully saturated rings. The molecule has 0 radical (unpaired) electrons. The van der Waals surface area contributed by atoms with Crippen molar-refractivity contribution in [1.29, 1.82) is 0 Å². The molecule has 1 N–H and O–H groups in total. The third kappa shape index (κ3) is 7.22. The van der Waals surface area contributed by atoms with Crippen molar-refractivity contribution in [3.05, 3.63) is 82.1 Å². The molecule has 34 heavy (non-hydrogen) atoms. The molecule has 1 aliphatic rings. The summed E-state index contributed by atoms with van der Waals surface area (Å²) in [6.45, 7) is 3.96. The molecule has 1 amide bonds. The summed E-state index contributed by atoms with van der Waals surface area (Å²) < 4.78 is 5.02. The minimum Gasteiger partial charge on any atom is -0.428 e. The van der Waals surface area contributed by atoms with Gasteiger partial charge in [-0.3, -0.25) is 19.7 Å². The normalized spacial score (nSPS) is 18.7. The van der Waals surface area contributed by atoms with Gasteiger partial charge in [-0.25, -0.2) is 9.78 Å². The van der Waals surface area contributed by atoms with Gasteiger partial charge in [-0.05, 0) is 42.0 Å². The molecule has 0 spiro atoms. The average Bonchev–Trinajstić information content (AvgIpc) is 2.81. The Hall–Kier alpha value is -4.08. The van der Waals surface area contributed by atoms with Gasteiger partial charge in [0.05, 0.1) is 0 Å². The van der Waals surface area contributed by atoms with E-state index >= 15 is 0 Å². The van der Waals surface area contributed by atoms with Crippen LogP contribution in [0.3, 0.4) is 0 Å². The molecule has 2 aromatic rings. The van der Waals surface area contributed by atoms with E-state index in [1.165, 1.54) is 12.3 Å². The van der Waals surface area contributed by atoms with Gasteiger partial charge in [-0.2, -0.15) is 0 Å². The largest absolute Gasteiger partial charge is 0.535 e. The van der Waals surface area contributed by atoms with Crippen molar-refractivity contribution >= 4 is 23.6 Å². The molecule has 1 saturated carbocycles. The lowest BCUT2D eigenvalue weighted by Crippen LogP contribution is -2.34. The summed E-state index contributed by atoms with van der Waals surface area (Å²) in [5, 5.41) is 17.8. The number of hydrogen-bond acceptors (Lipinski definition) is 8. The number of pyridine rings is 1. The lowest BCUT2D eigenvalue weighted by atomic mass is 9.72. The summed E-state index contributed by atoms with van der Waals surface area (Å²) in [6, 6.07) is 13.0. The van der Waals surface area contributed by atoms with Crippen LogP contribution in [0.2, 0.25) is 0 Å². The molecule has 1 unspecified atom stereocenters. The molecule has 10 heteroatoms. The van der Waals surface area contributed by atoms with Crippen LogP contribution in [0.25, 0.3) is 0 Å². The van der Waals surface area contributed by atoms with E-state index in [0.717, 1.165) is 5.56 Å². The highest BCUT2D eigenvalue weighted by atomic mass is 16.8. The van der Waals surface area contributed by atoms with Crippen LogP contribution in [-0.2, 0) is 21.0 Å². The number of nitro groups is 1. The van der Waals surface area contributed by atoms with Crippen molar-refractivity contribution in [3.8, 4) is 0 Å². The zero-order valence-electron chi connectivity index (χ0n) is 19.0. The van der Waals surface area contributed by atoms with E-state index in [2.05, 4.69) is 15.5 Å². The predicted molar refractivity (Wildman–Crippen MR) is 125 cm³/mol. The fourth-order valence-electron chi connectivity index (χ4n) is 3.61. The van der Waals surface area contributed by atoms with Gasteiger partial charge in [-0.15, -0.1) is 0 Å². The molecule has 0 aliphatic heterocycles. The number of hydrogen-bond donors (Lipinski definition) is 1. The second kappa shape index (κ2) is 11.2. The quantitative estimate of drug-likeness (QED) is 0.209. The molecule has 1 aliphatic carbocycles. The zero-order valence-corrected chi connectivity index (χ0v) is 19.0. The number of rotatable bonds is 7. The number of benzene rings is 1. The van der Waals surface area contributed by atoms with E-state index < -0.39 is 18.1 Å². The maximum atomic E-state index is 12.9. The molecule has 3 rings (SSSR count). The molecule has 1 aromatic carbocycles. The van der Waals surface area contributed by atoms with Gasteiger partial charge in [0.1, 0.15) is 12.4 Å². The van der Waals surface area contributed by atoms with E-state index in [1.807, 2.05) is 19.9 Å². The number of aromatic nitrogens is 1. The highest BCUT2D eigenvalue weighted by Gasteiger charge is 2.37. The maximum Gasteiger partial charge on any atom is 0.535 e. The van der Waals surface area contributed by atoms with Crippen molar-refractivity contribution in [1.82, 2.24) is 4.98 Å². The fourth-order valence-corrected chi connectivity index (χ4v) is 3.61. The highest BCUT2D eigenvalue weighted by Crippen LogP contribution is 2.39. The lowest BCUT2D eigenvalue weighted by molar-refractivity contribution is -0.515. The number of ether oxygens (including phenoxy) is 1. The predicted octanol–water partition coefficient (Wildman–Crippen LogP) is 4.51. The first-order valence-electron chi connectivity index (χ1n) is 10.8. The Morgan fingerprint density at radius 3 is 2.65 bits per heavy atom. The SMILES string of the molecule is CC1(C)CCC([N+](=O)[O-])/C(=C/C(=N\OC(=O)OCc2ccccc2)C(=O)Nc2ccccn2)C1. The van der Waals surface area contributed by atoms with Crippen LogP contribution in [0.15, 0.2) is 71.5 Å². The van der Waals surface area contributed by atoms with Crippen LogP contribution in [0.1, 0.15) is 38.7 Å². The lowest BCUT2D eigenvalue weighted by Gasteiger charge is -2.32. The average molecular weight is 466 g/mol. The zero-order chi connectivity index (χ0) is 24.6. The van der Waals surface area contributed by atoms with Gasteiger partial charge in [0, 0.05) is 23.1 Å². The summed E-state index contributed by atoms with van der Waals surface area (Å²) in [4.78, 5) is 45.0. The maximum absolute atomic E-state index is 12.9. The van der Waals surface area contributed by atoms with Crippen LogP contribution >= 0.6 is 0 Å². The molecule has 0 saturated heterocycles. The molecular formula is C24H26N4O6. The Morgan fingerprint density at radius 1 is 1.24 bits per heavy atom. The number of amides is 1. The summed E-state index contributed by atoms with van der Waals surface area (Å²) in [7, 11) is 0. The van der Waals surface area contributed by atoms with Gasteiger partial charge >= 0.3 is 6.16 Å². The van der Waals surface area contributed by atoms with Crippen molar-refractivity contribution in [2.45, 2.75) is 45.8 Å². The second-order valence-corrected chi connectivity index (χ2v) is 8.66.